The Balaban J connectivity index is 1.19. The molecule has 0 saturated carbocycles. The normalized spacial score (nSPS) is 11.5. The van der Waals surface area contributed by atoms with Crippen LogP contribution in [0.15, 0.2) is 182 Å². The molecule has 0 radical (unpaired) electrons. The zero-order chi connectivity index (χ0) is 30.5. The van der Waals surface area contributed by atoms with Crippen LogP contribution >= 0.6 is 0 Å². The molecular formula is C44H30N2. The van der Waals surface area contributed by atoms with E-state index in [9.17, 15) is 0 Å². The fourth-order valence-electron chi connectivity index (χ4n) is 7.02. The molecule has 0 amide bonds. The highest BCUT2D eigenvalue weighted by Gasteiger charge is 2.17. The first kappa shape index (κ1) is 26.3. The van der Waals surface area contributed by atoms with Gasteiger partial charge in [0.25, 0.3) is 0 Å². The molecule has 0 unspecified atom stereocenters. The summed E-state index contributed by atoms with van der Waals surface area (Å²) in [5, 5.41) is 7.49. The lowest BCUT2D eigenvalue weighted by atomic mass is 10.0. The summed E-state index contributed by atoms with van der Waals surface area (Å²) in [6.45, 7) is 0. The molecule has 0 aliphatic heterocycles. The van der Waals surface area contributed by atoms with Gasteiger partial charge >= 0.3 is 0 Å². The van der Waals surface area contributed by atoms with Crippen molar-refractivity contribution in [1.82, 2.24) is 4.57 Å². The van der Waals surface area contributed by atoms with E-state index in [4.69, 9.17) is 0 Å². The monoisotopic (exact) mass is 586 g/mol. The van der Waals surface area contributed by atoms with E-state index in [2.05, 4.69) is 191 Å². The molecule has 0 atom stereocenters. The summed E-state index contributed by atoms with van der Waals surface area (Å²) >= 11 is 0. The molecule has 2 heteroatoms. The zero-order valence-corrected chi connectivity index (χ0v) is 25.2. The van der Waals surface area contributed by atoms with Crippen molar-refractivity contribution in [3.8, 4) is 16.8 Å². The lowest BCUT2D eigenvalue weighted by Crippen LogP contribution is -2.10. The number of rotatable bonds is 5. The Bertz CT molecular complexity index is 2500. The molecule has 0 aliphatic rings. The molecule has 0 saturated heterocycles. The predicted molar refractivity (Wildman–Crippen MR) is 196 cm³/mol. The lowest BCUT2D eigenvalue weighted by Gasteiger charge is -2.27. The minimum atomic E-state index is 1.12. The molecule has 9 aromatic rings. The van der Waals surface area contributed by atoms with E-state index < -0.39 is 0 Å². The van der Waals surface area contributed by atoms with Gasteiger partial charge in [0.15, 0.2) is 0 Å². The van der Waals surface area contributed by atoms with Crippen molar-refractivity contribution >= 4 is 60.4 Å². The van der Waals surface area contributed by atoms with Gasteiger partial charge in [-0.2, -0.15) is 0 Å². The molecule has 0 bridgehead atoms. The third-order valence-corrected chi connectivity index (χ3v) is 9.15. The molecular weight excluding hydrogens is 556 g/mol. The Labute approximate surface area is 268 Å². The van der Waals surface area contributed by atoms with Crippen LogP contribution in [0.4, 0.5) is 17.1 Å². The number of nitrogens with zero attached hydrogens (tertiary/aromatic N) is 2. The van der Waals surface area contributed by atoms with Crippen molar-refractivity contribution in [2.75, 3.05) is 4.90 Å². The van der Waals surface area contributed by atoms with Crippen molar-refractivity contribution in [2.24, 2.45) is 0 Å². The highest BCUT2D eigenvalue weighted by Crippen LogP contribution is 2.41. The summed E-state index contributed by atoms with van der Waals surface area (Å²) in [4.78, 5) is 2.36. The van der Waals surface area contributed by atoms with E-state index in [0.717, 1.165) is 11.4 Å². The summed E-state index contributed by atoms with van der Waals surface area (Å²) in [6, 6.07) is 65.6. The number of anilines is 3. The second kappa shape index (κ2) is 10.8. The van der Waals surface area contributed by atoms with Crippen LogP contribution < -0.4 is 4.90 Å². The molecule has 0 aliphatic carbocycles. The van der Waals surface area contributed by atoms with E-state index in [-0.39, 0.29) is 0 Å². The van der Waals surface area contributed by atoms with Crippen molar-refractivity contribution in [3.05, 3.63) is 182 Å². The molecule has 0 spiro atoms. The van der Waals surface area contributed by atoms with E-state index in [1.807, 2.05) is 0 Å². The van der Waals surface area contributed by atoms with Gasteiger partial charge in [-0.3, -0.25) is 0 Å². The Hall–Kier alpha value is -6.12. The van der Waals surface area contributed by atoms with Gasteiger partial charge in [0, 0.05) is 38.6 Å². The zero-order valence-electron chi connectivity index (χ0n) is 25.2. The second-order valence-electron chi connectivity index (χ2n) is 11.8. The first-order valence-electron chi connectivity index (χ1n) is 15.8. The topological polar surface area (TPSA) is 8.17 Å². The van der Waals surface area contributed by atoms with Crippen LogP contribution in [0.1, 0.15) is 0 Å². The smallest absolute Gasteiger partial charge is 0.0619 e. The number of aromatic nitrogens is 1. The summed E-state index contributed by atoms with van der Waals surface area (Å²) in [7, 11) is 0. The SMILES string of the molecule is c1ccc(N(c2ccc(-c3ccc4c(c3)c3ccc5ccccc5c3n4-c3ccccc3)cc2)c2cccc3ccccc23)cc1. The summed E-state index contributed by atoms with van der Waals surface area (Å²) in [6.07, 6.45) is 0. The van der Waals surface area contributed by atoms with Gasteiger partial charge < -0.3 is 9.47 Å². The average molecular weight is 587 g/mol. The summed E-state index contributed by atoms with van der Waals surface area (Å²) in [5.74, 6) is 0. The summed E-state index contributed by atoms with van der Waals surface area (Å²) in [5.41, 5.74) is 9.46. The molecule has 0 N–H and O–H groups in total. The Morgan fingerprint density at radius 2 is 0.978 bits per heavy atom. The van der Waals surface area contributed by atoms with Crippen LogP contribution in [0.5, 0.6) is 0 Å². The lowest BCUT2D eigenvalue weighted by molar-refractivity contribution is 1.19. The van der Waals surface area contributed by atoms with Crippen LogP contribution in [-0.2, 0) is 0 Å². The van der Waals surface area contributed by atoms with Crippen LogP contribution in [0, 0.1) is 0 Å². The predicted octanol–water partition coefficient (Wildman–Crippen LogP) is 12.2. The van der Waals surface area contributed by atoms with Crippen LogP contribution in [0.2, 0.25) is 0 Å². The number of benzene rings is 8. The van der Waals surface area contributed by atoms with Gasteiger partial charge in [0.2, 0.25) is 0 Å². The van der Waals surface area contributed by atoms with Gasteiger partial charge in [-0.15, -0.1) is 0 Å². The van der Waals surface area contributed by atoms with Crippen LogP contribution in [0.25, 0.3) is 60.2 Å². The molecule has 1 heterocycles. The van der Waals surface area contributed by atoms with Crippen LogP contribution in [-0.4, -0.2) is 4.57 Å². The Kier molecular flexibility index (Phi) is 6.17. The third kappa shape index (κ3) is 4.27. The first-order chi connectivity index (χ1) is 22.8. The second-order valence-corrected chi connectivity index (χ2v) is 11.8. The Morgan fingerprint density at radius 1 is 0.370 bits per heavy atom. The van der Waals surface area contributed by atoms with E-state index in [0.29, 0.717) is 0 Å². The minimum Gasteiger partial charge on any atom is -0.310 e. The number of hydrogen-bond donors (Lipinski definition) is 0. The first-order valence-corrected chi connectivity index (χ1v) is 15.8. The number of para-hydroxylation sites is 2. The van der Waals surface area contributed by atoms with Crippen molar-refractivity contribution < 1.29 is 0 Å². The Morgan fingerprint density at radius 3 is 1.76 bits per heavy atom. The molecule has 1 aromatic heterocycles. The maximum Gasteiger partial charge on any atom is 0.0619 e. The number of hydrogen-bond acceptors (Lipinski definition) is 1. The number of fused-ring (bicyclic) bond motifs is 6. The minimum absolute atomic E-state index is 1.12. The van der Waals surface area contributed by atoms with Gasteiger partial charge in [-0.1, -0.05) is 127 Å². The van der Waals surface area contributed by atoms with Gasteiger partial charge in [-0.25, -0.2) is 0 Å². The molecule has 9 rings (SSSR count). The third-order valence-electron chi connectivity index (χ3n) is 9.15. The average Bonchev–Trinajstić information content (AvgIpc) is 3.47. The highest BCUT2D eigenvalue weighted by atomic mass is 15.1. The van der Waals surface area contributed by atoms with E-state index in [1.54, 1.807) is 0 Å². The maximum absolute atomic E-state index is 2.42. The quantitative estimate of drug-likeness (QED) is 0.195. The molecule has 2 nitrogen and oxygen atoms in total. The van der Waals surface area contributed by atoms with E-state index in [1.165, 1.54) is 65.9 Å². The van der Waals surface area contributed by atoms with Crippen molar-refractivity contribution in [1.29, 1.82) is 0 Å². The molecule has 46 heavy (non-hydrogen) atoms. The van der Waals surface area contributed by atoms with Crippen molar-refractivity contribution in [3.63, 3.8) is 0 Å². The fraction of sp³-hybridized carbons (Fsp3) is 0. The van der Waals surface area contributed by atoms with Crippen molar-refractivity contribution in [2.45, 2.75) is 0 Å². The van der Waals surface area contributed by atoms with Gasteiger partial charge in [0.05, 0.1) is 16.7 Å². The standard InChI is InChI=1S/C44H30N2/c1-3-15-35(16-4-1)45(42-21-11-14-32-12-7-9-19-38(32)42)37-26-22-31(23-27-37)34-25-29-43-41(30-34)40-28-24-33-13-8-10-20-39(33)44(40)46(43)36-17-5-2-6-18-36/h1-30H. The highest BCUT2D eigenvalue weighted by molar-refractivity contribution is 6.19. The van der Waals surface area contributed by atoms with Gasteiger partial charge in [-0.05, 0) is 76.5 Å². The molecule has 8 aromatic carbocycles. The van der Waals surface area contributed by atoms with E-state index >= 15 is 0 Å². The molecule has 0 fully saturated rings. The van der Waals surface area contributed by atoms with Gasteiger partial charge in [0.1, 0.15) is 0 Å². The molecule has 216 valence electrons. The largest absolute Gasteiger partial charge is 0.310 e. The van der Waals surface area contributed by atoms with Crippen LogP contribution in [0.3, 0.4) is 0 Å². The fourth-order valence-corrected chi connectivity index (χ4v) is 7.02. The maximum atomic E-state index is 2.42. The summed E-state index contributed by atoms with van der Waals surface area (Å²) < 4.78 is 2.42.